The van der Waals surface area contributed by atoms with Gasteiger partial charge in [0, 0.05) is 22.7 Å². The lowest BCUT2D eigenvalue weighted by molar-refractivity contribution is -0.154. The second-order valence-electron chi connectivity index (χ2n) is 10.2. The fourth-order valence-electron chi connectivity index (χ4n) is 6.28. The maximum Gasteiger partial charge on any atom is 0.310 e. The highest BCUT2D eigenvalue weighted by Crippen LogP contribution is 2.68. The van der Waals surface area contributed by atoms with E-state index in [1.54, 1.807) is 28.8 Å². The van der Waals surface area contributed by atoms with Gasteiger partial charge in [0.05, 0.1) is 35.8 Å². The van der Waals surface area contributed by atoms with Crippen molar-refractivity contribution in [1.82, 2.24) is 9.80 Å². The summed E-state index contributed by atoms with van der Waals surface area (Å²) in [6.45, 7) is 14.0. The molecule has 8 atom stereocenters. The Hall–Kier alpha value is -1.32. The van der Waals surface area contributed by atoms with E-state index in [9.17, 15) is 19.5 Å². The number of hydrogen-bond donors (Lipinski definition) is 1. The molecule has 3 aliphatic rings. The van der Waals surface area contributed by atoms with Crippen LogP contribution in [0.5, 0.6) is 0 Å². The van der Waals surface area contributed by atoms with Crippen molar-refractivity contribution in [3.63, 3.8) is 0 Å². The molecular weight excluding hydrogens is 544 g/mol. The van der Waals surface area contributed by atoms with E-state index < -0.39 is 28.7 Å². The first-order valence-corrected chi connectivity index (χ1v) is 15.0. The van der Waals surface area contributed by atoms with Crippen LogP contribution in [0.3, 0.4) is 0 Å². The third-order valence-corrected chi connectivity index (χ3v) is 11.2. The number of esters is 1. The fourth-order valence-corrected chi connectivity index (χ4v) is 9.86. The summed E-state index contributed by atoms with van der Waals surface area (Å²) in [6.07, 6.45) is 7.83. The molecule has 3 fully saturated rings. The number of aliphatic hydroxyl groups is 1. The molecule has 3 heterocycles. The van der Waals surface area contributed by atoms with Crippen molar-refractivity contribution < 1.29 is 24.2 Å². The van der Waals surface area contributed by atoms with Gasteiger partial charge in [-0.2, -0.15) is 0 Å². The molecule has 0 aromatic rings. The van der Waals surface area contributed by atoms with E-state index in [2.05, 4.69) is 36.0 Å². The van der Waals surface area contributed by atoms with Crippen LogP contribution in [0.4, 0.5) is 0 Å². The Labute approximate surface area is 228 Å². The molecule has 0 radical (unpaired) electrons. The third kappa shape index (κ3) is 5.04. The molecule has 3 saturated heterocycles. The standard InChI is InChI=1S/C27H41BrN2O5S/c1-6-10-11-14-35-26(34)20-21-24(32)30(18(9-4)16-31)23(27(21)15-19(28)22(20)36-27)25(33)29(13-8-3)17(5)12-7-2/h6,8,17-23,31H,1,3,7,9-16H2,2,4-5H3/t17?,18-,19?,20+,21-,22+,23?,27?/m0/s1. The van der Waals surface area contributed by atoms with Crippen LogP contribution in [0.15, 0.2) is 25.3 Å². The van der Waals surface area contributed by atoms with E-state index in [-0.39, 0.29) is 47.1 Å². The number of aliphatic hydroxyl groups excluding tert-OH is 1. The zero-order chi connectivity index (χ0) is 26.6. The van der Waals surface area contributed by atoms with Crippen molar-refractivity contribution in [2.24, 2.45) is 11.8 Å². The highest BCUT2D eigenvalue weighted by Gasteiger charge is 2.76. The third-order valence-electron chi connectivity index (χ3n) is 7.95. The largest absolute Gasteiger partial charge is 0.465 e. The summed E-state index contributed by atoms with van der Waals surface area (Å²) in [7, 11) is 0. The summed E-state index contributed by atoms with van der Waals surface area (Å²) in [4.78, 5) is 45.2. The topological polar surface area (TPSA) is 87.2 Å². The van der Waals surface area contributed by atoms with Crippen molar-refractivity contribution in [3.8, 4) is 0 Å². The van der Waals surface area contributed by atoms with Gasteiger partial charge in [0.1, 0.15) is 6.04 Å². The molecule has 7 nitrogen and oxygen atoms in total. The van der Waals surface area contributed by atoms with Crippen molar-refractivity contribution in [2.75, 3.05) is 19.8 Å². The zero-order valence-electron chi connectivity index (χ0n) is 21.7. The van der Waals surface area contributed by atoms with Gasteiger partial charge in [-0.1, -0.05) is 48.4 Å². The Balaban J connectivity index is 2.03. The number of halogens is 1. The van der Waals surface area contributed by atoms with Crippen molar-refractivity contribution in [2.45, 2.75) is 92.2 Å². The van der Waals surface area contributed by atoms with E-state index in [4.69, 9.17) is 4.74 Å². The Morgan fingerprint density at radius 1 is 1.36 bits per heavy atom. The van der Waals surface area contributed by atoms with Crippen LogP contribution in [-0.4, -0.2) is 85.4 Å². The average molecular weight is 586 g/mol. The molecule has 9 heteroatoms. The number of ether oxygens (including phenoxy) is 1. The number of fused-ring (bicyclic) bond motifs is 1. The maximum atomic E-state index is 14.3. The number of thioether (sulfide) groups is 1. The normalized spacial score (nSPS) is 32.2. The summed E-state index contributed by atoms with van der Waals surface area (Å²) in [5.41, 5.74) is 0. The molecule has 1 N–H and O–H groups in total. The van der Waals surface area contributed by atoms with Crippen LogP contribution >= 0.6 is 27.7 Å². The van der Waals surface area contributed by atoms with E-state index in [0.29, 0.717) is 25.8 Å². The highest BCUT2D eigenvalue weighted by atomic mass is 79.9. The van der Waals surface area contributed by atoms with E-state index in [0.717, 1.165) is 19.3 Å². The fraction of sp³-hybridized carbons (Fsp3) is 0.741. The molecule has 0 aromatic carbocycles. The number of allylic oxidation sites excluding steroid dienone is 1. The molecule has 0 saturated carbocycles. The van der Waals surface area contributed by atoms with Crippen molar-refractivity contribution in [1.29, 1.82) is 0 Å². The number of carbonyl (C=O) groups excluding carboxylic acids is 3. The molecule has 2 amide bonds. The van der Waals surface area contributed by atoms with E-state index in [1.165, 1.54) is 0 Å². The molecule has 0 aliphatic carbocycles. The van der Waals surface area contributed by atoms with Gasteiger partial charge in [0.15, 0.2) is 0 Å². The van der Waals surface area contributed by atoms with Crippen LogP contribution in [0.25, 0.3) is 0 Å². The van der Waals surface area contributed by atoms with Crippen molar-refractivity contribution >= 4 is 45.5 Å². The lowest BCUT2D eigenvalue weighted by Crippen LogP contribution is -2.59. The molecule has 202 valence electrons. The lowest BCUT2D eigenvalue weighted by Gasteiger charge is -2.41. The molecule has 0 aromatic heterocycles. The summed E-state index contributed by atoms with van der Waals surface area (Å²) in [5.74, 6) is -1.96. The Bertz CT molecular complexity index is 852. The van der Waals surface area contributed by atoms with Gasteiger partial charge in [-0.3, -0.25) is 14.4 Å². The molecule has 4 unspecified atom stereocenters. The van der Waals surface area contributed by atoms with Gasteiger partial charge in [0.2, 0.25) is 11.8 Å². The smallest absolute Gasteiger partial charge is 0.310 e. The van der Waals surface area contributed by atoms with Gasteiger partial charge >= 0.3 is 5.97 Å². The highest BCUT2D eigenvalue weighted by molar-refractivity contribution is 9.09. The van der Waals surface area contributed by atoms with Crippen LogP contribution in [0.1, 0.15) is 59.3 Å². The average Bonchev–Trinajstić information content (AvgIpc) is 3.44. The first-order valence-electron chi connectivity index (χ1n) is 13.2. The molecule has 36 heavy (non-hydrogen) atoms. The van der Waals surface area contributed by atoms with Crippen LogP contribution in [0, 0.1) is 11.8 Å². The second-order valence-corrected chi connectivity index (χ2v) is 12.9. The molecule has 3 rings (SSSR count). The van der Waals surface area contributed by atoms with Gasteiger partial charge in [-0.25, -0.2) is 0 Å². The predicted octanol–water partition coefficient (Wildman–Crippen LogP) is 3.93. The van der Waals surface area contributed by atoms with Gasteiger partial charge in [-0.15, -0.1) is 24.9 Å². The first kappa shape index (κ1) is 29.2. The summed E-state index contributed by atoms with van der Waals surface area (Å²) < 4.78 is 4.89. The van der Waals surface area contributed by atoms with Gasteiger partial charge in [-0.05, 0) is 39.0 Å². The second kappa shape index (κ2) is 12.5. The summed E-state index contributed by atoms with van der Waals surface area (Å²) in [5, 5.41) is 10.1. The summed E-state index contributed by atoms with van der Waals surface area (Å²) in [6, 6.07) is -1.26. The zero-order valence-corrected chi connectivity index (χ0v) is 24.1. The van der Waals surface area contributed by atoms with Gasteiger partial charge in [0.25, 0.3) is 0 Å². The Morgan fingerprint density at radius 3 is 2.67 bits per heavy atom. The van der Waals surface area contributed by atoms with Crippen molar-refractivity contribution in [3.05, 3.63) is 25.3 Å². The number of alkyl halides is 1. The molecular formula is C27H41BrN2O5S. The number of unbranched alkanes of at least 4 members (excludes halogenated alkanes) is 1. The molecule has 2 bridgehead atoms. The van der Waals surface area contributed by atoms with Crippen LogP contribution < -0.4 is 0 Å². The Kier molecular flexibility index (Phi) is 10.1. The first-order chi connectivity index (χ1) is 17.2. The lowest BCUT2D eigenvalue weighted by atomic mass is 9.71. The summed E-state index contributed by atoms with van der Waals surface area (Å²) >= 11 is 5.37. The molecule has 3 aliphatic heterocycles. The number of carbonyl (C=O) groups is 3. The predicted molar refractivity (Wildman–Crippen MR) is 147 cm³/mol. The van der Waals surface area contributed by atoms with E-state index >= 15 is 0 Å². The monoisotopic (exact) mass is 584 g/mol. The maximum absolute atomic E-state index is 14.3. The SMILES string of the molecule is C=CCCCOC(=O)[C@H]1[C@@H]2SC3(CC2Br)C(C(=O)N(CC=C)C(C)CCC)N([C@@H](CC)CO)C(=O)[C@H]13. The van der Waals surface area contributed by atoms with Crippen LogP contribution in [0.2, 0.25) is 0 Å². The van der Waals surface area contributed by atoms with E-state index in [1.807, 2.05) is 18.7 Å². The number of rotatable bonds is 14. The minimum Gasteiger partial charge on any atom is -0.465 e. The number of nitrogens with zero attached hydrogens (tertiary/aromatic N) is 2. The number of amides is 2. The minimum absolute atomic E-state index is 0.0114. The quantitative estimate of drug-likeness (QED) is 0.144. The Morgan fingerprint density at radius 2 is 2.08 bits per heavy atom. The van der Waals surface area contributed by atoms with Gasteiger partial charge < -0.3 is 19.6 Å². The number of hydrogen-bond acceptors (Lipinski definition) is 6. The molecule has 1 spiro atoms. The van der Waals surface area contributed by atoms with Crippen LogP contribution in [-0.2, 0) is 19.1 Å². The minimum atomic E-state index is -0.750. The number of likely N-dealkylation sites (tertiary alicyclic amines) is 1.